The van der Waals surface area contributed by atoms with Gasteiger partial charge in [0.15, 0.2) is 5.54 Å². The summed E-state index contributed by atoms with van der Waals surface area (Å²) in [5.41, 5.74) is -1.05. The second kappa shape index (κ2) is 2.79. The highest BCUT2D eigenvalue weighted by atomic mass is 35.5. The Morgan fingerprint density at radius 1 is 1.75 bits per heavy atom. The first-order valence-electron chi connectivity index (χ1n) is 3.38. The van der Waals surface area contributed by atoms with Crippen LogP contribution in [0.4, 0.5) is 0 Å². The molecule has 0 atom stereocenters. The van der Waals surface area contributed by atoms with Crippen molar-refractivity contribution >= 4 is 17.6 Å². The summed E-state index contributed by atoms with van der Waals surface area (Å²) in [6, 6.07) is 0. The summed E-state index contributed by atoms with van der Waals surface area (Å²) in [6.07, 6.45) is 2.89. The first-order chi connectivity index (χ1) is 5.44. The highest BCUT2D eigenvalue weighted by molar-refractivity contribution is 6.30. The van der Waals surface area contributed by atoms with Crippen molar-refractivity contribution in [3.05, 3.63) is 17.4 Å². The maximum atomic E-state index is 10.7. The molecule has 1 aromatic heterocycles. The summed E-state index contributed by atoms with van der Waals surface area (Å²) in [5, 5.41) is 13.0. The number of aliphatic carboxylic acids is 1. The number of halogens is 1. The van der Waals surface area contributed by atoms with Crippen LogP contribution >= 0.6 is 11.6 Å². The number of carboxylic acid groups (broad SMARTS) is 1. The van der Waals surface area contributed by atoms with Crippen molar-refractivity contribution in [3.8, 4) is 0 Å². The normalized spacial score (nSPS) is 11.6. The molecule has 1 heterocycles. The lowest BCUT2D eigenvalue weighted by Crippen LogP contribution is -2.35. The summed E-state index contributed by atoms with van der Waals surface area (Å²) in [5.74, 6) is -0.942. The molecule has 0 bridgehead atoms. The Balaban J connectivity index is 3.05. The molecule has 0 saturated carbocycles. The molecule has 1 rings (SSSR count). The number of nitrogens with zero attached hydrogens (tertiary/aromatic N) is 2. The Hall–Kier alpha value is -1.03. The van der Waals surface area contributed by atoms with E-state index in [0.717, 1.165) is 0 Å². The summed E-state index contributed by atoms with van der Waals surface area (Å²) in [4.78, 5) is 10.7. The lowest BCUT2D eigenvalue weighted by Gasteiger charge is -2.19. The van der Waals surface area contributed by atoms with Crippen LogP contribution in [-0.4, -0.2) is 20.9 Å². The number of carbonyl (C=O) groups is 1. The standard InChI is InChI=1S/C7H9ClN2O2/c1-7(2,6(11)12)10-4-5(8)3-9-10/h3-4H,1-2H3,(H,11,12). The predicted molar refractivity (Wildman–Crippen MR) is 44.2 cm³/mol. The second-order valence-electron chi connectivity index (χ2n) is 2.97. The van der Waals surface area contributed by atoms with Crippen LogP contribution in [-0.2, 0) is 10.3 Å². The SMILES string of the molecule is CC(C)(C(=O)O)n1cc(Cl)cn1. The molecule has 0 amide bonds. The molecular formula is C7H9ClN2O2. The third-order valence-corrected chi connectivity index (χ3v) is 1.84. The largest absolute Gasteiger partial charge is 0.479 e. The first kappa shape index (κ1) is 9.06. The zero-order chi connectivity index (χ0) is 9.35. The molecule has 0 aliphatic rings. The molecule has 0 fully saturated rings. The van der Waals surface area contributed by atoms with Crippen molar-refractivity contribution in [1.82, 2.24) is 9.78 Å². The molecule has 5 heteroatoms. The van der Waals surface area contributed by atoms with E-state index < -0.39 is 11.5 Å². The van der Waals surface area contributed by atoms with Crippen LogP contribution in [0.25, 0.3) is 0 Å². The van der Waals surface area contributed by atoms with Crippen molar-refractivity contribution in [3.63, 3.8) is 0 Å². The summed E-state index contributed by atoms with van der Waals surface area (Å²) in [6.45, 7) is 3.11. The fourth-order valence-electron chi connectivity index (χ4n) is 0.705. The fourth-order valence-corrected chi connectivity index (χ4v) is 0.841. The van der Waals surface area contributed by atoms with Crippen LogP contribution < -0.4 is 0 Å². The van der Waals surface area contributed by atoms with Gasteiger partial charge in [0, 0.05) is 6.20 Å². The molecule has 12 heavy (non-hydrogen) atoms. The van der Waals surface area contributed by atoms with E-state index >= 15 is 0 Å². The van der Waals surface area contributed by atoms with Gasteiger partial charge in [-0.05, 0) is 13.8 Å². The average molecular weight is 189 g/mol. The average Bonchev–Trinajstić information content (AvgIpc) is 2.35. The minimum atomic E-state index is -1.05. The maximum absolute atomic E-state index is 10.7. The molecule has 0 radical (unpaired) electrons. The van der Waals surface area contributed by atoms with E-state index in [9.17, 15) is 4.79 Å². The Morgan fingerprint density at radius 3 is 2.67 bits per heavy atom. The van der Waals surface area contributed by atoms with E-state index in [-0.39, 0.29) is 0 Å². The van der Waals surface area contributed by atoms with Gasteiger partial charge >= 0.3 is 5.97 Å². The van der Waals surface area contributed by atoms with Gasteiger partial charge < -0.3 is 5.11 Å². The molecule has 1 N–H and O–H groups in total. The third kappa shape index (κ3) is 1.43. The highest BCUT2D eigenvalue weighted by Gasteiger charge is 2.29. The van der Waals surface area contributed by atoms with Gasteiger partial charge in [0.2, 0.25) is 0 Å². The Bertz CT molecular complexity index is 306. The first-order valence-corrected chi connectivity index (χ1v) is 3.76. The van der Waals surface area contributed by atoms with Crippen molar-refractivity contribution in [2.24, 2.45) is 0 Å². The molecular weight excluding hydrogens is 180 g/mol. The number of rotatable bonds is 2. The van der Waals surface area contributed by atoms with E-state index in [0.29, 0.717) is 5.02 Å². The van der Waals surface area contributed by atoms with E-state index in [1.807, 2.05) is 0 Å². The minimum absolute atomic E-state index is 0.435. The molecule has 0 spiro atoms. The highest BCUT2D eigenvalue weighted by Crippen LogP contribution is 2.16. The quantitative estimate of drug-likeness (QED) is 0.763. The van der Waals surface area contributed by atoms with E-state index in [1.165, 1.54) is 17.1 Å². The predicted octanol–water partition coefficient (Wildman–Crippen LogP) is 1.36. The van der Waals surface area contributed by atoms with Crippen molar-refractivity contribution in [1.29, 1.82) is 0 Å². The third-order valence-electron chi connectivity index (χ3n) is 1.65. The molecule has 4 nitrogen and oxygen atoms in total. The van der Waals surface area contributed by atoms with Gasteiger partial charge in [0.1, 0.15) is 0 Å². The van der Waals surface area contributed by atoms with Crippen molar-refractivity contribution in [2.45, 2.75) is 19.4 Å². The van der Waals surface area contributed by atoms with Crippen LogP contribution in [0.2, 0.25) is 5.02 Å². The number of carboxylic acids is 1. The Labute approximate surface area is 74.8 Å². The Kier molecular flexibility index (Phi) is 2.10. The van der Waals surface area contributed by atoms with Crippen molar-refractivity contribution < 1.29 is 9.90 Å². The molecule has 0 unspecified atom stereocenters. The molecule has 0 aliphatic heterocycles. The van der Waals surface area contributed by atoms with E-state index in [2.05, 4.69) is 5.10 Å². The topological polar surface area (TPSA) is 55.1 Å². The minimum Gasteiger partial charge on any atom is -0.479 e. The van der Waals surface area contributed by atoms with Gasteiger partial charge in [0.05, 0.1) is 11.2 Å². The maximum Gasteiger partial charge on any atom is 0.331 e. The van der Waals surface area contributed by atoms with Crippen LogP contribution in [0.1, 0.15) is 13.8 Å². The second-order valence-corrected chi connectivity index (χ2v) is 3.40. The zero-order valence-electron chi connectivity index (χ0n) is 6.78. The van der Waals surface area contributed by atoms with E-state index in [1.54, 1.807) is 13.8 Å². The molecule has 1 aromatic rings. The molecule has 0 saturated heterocycles. The van der Waals surface area contributed by atoms with Crippen LogP contribution in [0, 0.1) is 0 Å². The van der Waals surface area contributed by atoms with Crippen LogP contribution in [0.5, 0.6) is 0 Å². The van der Waals surface area contributed by atoms with Gasteiger partial charge in [-0.3, -0.25) is 4.68 Å². The molecule has 66 valence electrons. The summed E-state index contributed by atoms with van der Waals surface area (Å²) in [7, 11) is 0. The number of hydrogen-bond acceptors (Lipinski definition) is 2. The monoisotopic (exact) mass is 188 g/mol. The van der Waals surface area contributed by atoms with Gasteiger partial charge in [-0.15, -0.1) is 0 Å². The van der Waals surface area contributed by atoms with Crippen LogP contribution in [0.15, 0.2) is 12.4 Å². The lowest BCUT2D eigenvalue weighted by atomic mass is 10.1. The van der Waals surface area contributed by atoms with Gasteiger partial charge in [-0.1, -0.05) is 11.6 Å². The zero-order valence-corrected chi connectivity index (χ0v) is 7.54. The van der Waals surface area contributed by atoms with Crippen molar-refractivity contribution in [2.75, 3.05) is 0 Å². The molecule has 0 aliphatic carbocycles. The van der Waals surface area contributed by atoms with Gasteiger partial charge in [0.25, 0.3) is 0 Å². The van der Waals surface area contributed by atoms with Gasteiger partial charge in [-0.25, -0.2) is 4.79 Å². The fraction of sp³-hybridized carbons (Fsp3) is 0.429. The van der Waals surface area contributed by atoms with Crippen LogP contribution in [0.3, 0.4) is 0 Å². The summed E-state index contributed by atoms with van der Waals surface area (Å²) < 4.78 is 1.32. The Morgan fingerprint density at radius 2 is 2.33 bits per heavy atom. The lowest BCUT2D eigenvalue weighted by molar-refractivity contribution is -0.146. The number of aromatic nitrogens is 2. The van der Waals surface area contributed by atoms with E-state index in [4.69, 9.17) is 16.7 Å². The summed E-state index contributed by atoms with van der Waals surface area (Å²) >= 11 is 5.59. The smallest absolute Gasteiger partial charge is 0.331 e. The van der Waals surface area contributed by atoms with Gasteiger partial charge in [-0.2, -0.15) is 5.10 Å². The number of hydrogen-bond donors (Lipinski definition) is 1. The molecule has 0 aromatic carbocycles.